The molecular formula is C13H26N2O. The molecule has 0 aliphatic heterocycles. The van der Waals surface area contributed by atoms with Crippen LogP contribution >= 0.6 is 0 Å². The van der Waals surface area contributed by atoms with Gasteiger partial charge in [-0.2, -0.15) is 0 Å². The molecule has 1 rings (SSSR count). The molecule has 0 radical (unpaired) electrons. The van der Waals surface area contributed by atoms with E-state index in [1.54, 1.807) is 0 Å². The molecule has 1 aliphatic carbocycles. The monoisotopic (exact) mass is 226 g/mol. The highest BCUT2D eigenvalue weighted by molar-refractivity contribution is 5.83. The first-order valence-electron chi connectivity index (χ1n) is 6.67. The molecule has 94 valence electrons. The van der Waals surface area contributed by atoms with Gasteiger partial charge < -0.3 is 11.1 Å². The van der Waals surface area contributed by atoms with E-state index in [-0.39, 0.29) is 11.3 Å². The van der Waals surface area contributed by atoms with Crippen molar-refractivity contribution in [1.29, 1.82) is 0 Å². The maximum atomic E-state index is 12.1. The maximum absolute atomic E-state index is 12.1. The first-order valence-corrected chi connectivity index (χ1v) is 6.67. The molecule has 3 N–H and O–H groups in total. The summed E-state index contributed by atoms with van der Waals surface area (Å²) < 4.78 is 0. The van der Waals surface area contributed by atoms with Gasteiger partial charge in [0.05, 0.1) is 5.41 Å². The molecule has 0 atom stereocenters. The summed E-state index contributed by atoms with van der Waals surface area (Å²) in [4.78, 5) is 12.1. The summed E-state index contributed by atoms with van der Waals surface area (Å²) >= 11 is 0. The van der Waals surface area contributed by atoms with Crippen molar-refractivity contribution >= 4 is 5.91 Å². The molecule has 0 spiro atoms. The van der Waals surface area contributed by atoms with Gasteiger partial charge in [-0.05, 0) is 18.8 Å². The third-order valence-corrected chi connectivity index (χ3v) is 4.14. The van der Waals surface area contributed by atoms with Crippen LogP contribution in [0.2, 0.25) is 0 Å². The molecule has 1 amide bonds. The van der Waals surface area contributed by atoms with Crippen LogP contribution in [0.15, 0.2) is 0 Å². The fourth-order valence-electron chi connectivity index (χ4n) is 2.58. The van der Waals surface area contributed by atoms with Gasteiger partial charge >= 0.3 is 0 Å². The Labute approximate surface area is 99.2 Å². The normalized spacial score (nSPS) is 19.0. The Balaban J connectivity index is 2.44. The van der Waals surface area contributed by atoms with Crippen LogP contribution in [-0.2, 0) is 4.79 Å². The van der Waals surface area contributed by atoms with Gasteiger partial charge in [0.1, 0.15) is 0 Å². The van der Waals surface area contributed by atoms with Crippen LogP contribution in [0.3, 0.4) is 0 Å². The molecular weight excluding hydrogens is 200 g/mol. The number of rotatable bonds is 6. The lowest BCUT2D eigenvalue weighted by molar-refractivity contribution is -0.130. The average molecular weight is 226 g/mol. The predicted molar refractivity (Wildman–Crippen MR) is 67.0 cm³/mol. The van der Waals surface area contributed by atoms with Gasteiger partial charge in [-0.25, -0.2) is 0 Å². The van der Waals surface area contributed by atoms with E-state index in [9.17, 15) is 4.79 Å². The average Bonchev–Trinajstić information content (AvgIpc) is 2.80. The van der Waals surface area contributed by atoms with E-state index in [2.05, 4.69) is 19.2 Å². The van der Waals surface area contributed by atoms with Crippen molar-refractivity contribution in [1.82, 2.24) is 5.32 Å². The van der Waals surface area contributed by atoms with Crippen LogP contribution in [0.1, 0.15) is 52.4 Å². The predicted octanol–water partition coefficient (Wildman–Crippen LogP) is 2.06. The van der Waals surface area contributed by atoms with Crippen LogP contribution in [0.25, 0.3) is 0 Å². The topological polar surface area (TPSA) is 55.1 Å². The summed E-state index contributed by atoms with van der Waals surface area (Å²) in [7, 11) is 0. The van der Waals surface area contributed by atoms with E-state index in [0.29, 0.717) is 12.5 Å². The molecule has 16 heavy (non-hydrogen) atoms. The van der Waals surface area contributed by atoms with E-state index in [4.69, 9.17) is 5.73 Å². The van der Waals surface area contributed by atoms with E-state index < -0.39 is 0 Å². The Morgan fingerprint density at radius 1 is 1.31 bits per heavy atom. The number of amides is 1. The molecule has 3 heteroatoms. The molecule has 0 bridgehead atoms. The van der Waals surface area contributed by atoms with Gasteiger partial charge in [0, 0.05) is 13.1 Å². The van der Waals surface area contributed by atoms with Gasteiger partial charge in [-0.15, -0.1) is 0 Å². The second kappa shape index (κ2) is 6.24. The molecule has 0 saturated heterocycles. The third kappa shape index (κ3) is 2.97. The molecule has 0 heterocycles. The highest BCUT2D eigenvalue weighted by Gasteiger charge is 2.39. The molecule has 0 aromatic rings. The molecule has 0 aromatic heterocycles. The van der Waals surface area contributed by atoms with Crippen molar-refractivity contribution in [2.24, 2.45) is 17.1 Å². The van der Waals surface area contributed by atoms with Crippen LogP contribution in [0.4, 0.5) is 0 Å². The van der Waals surface area contributed by atoms with Gasteiger partial charge in [0.15, 0.2) is 0 Å². The van der Waals surface area contributed by atoms with Crippen LogP contribution in [0.5, 0.6) is 0 Å². The van der Waals surface area contributed by atoms with Crippen molar-refractivity contribution in [2.75, 3.05) is 13.1 Å². The highest BCUT2D eigenvalue weighted by atomic mass is 16.2. The minimum atomic E-state index is -0.244. The number of carbonyl (C=O) groups is 1. The first-order chi connectivity index (χ1) is 7.68. The van der Waals surface area contributed by atoms with Crippen molar-refractivity contribution in [3.63, 3.8) is 0 Å². The van der Waals surface area contributed by atoms with Crippen molar-refractivity contribution in [2.45, 2.75) is 52.4 Å². The SMILES string of the molecule is CCC(CC)CNC(=O)C1(CN)CCCC1. The Morgan fingerprint density at radius 3 is 2.31 bits per heavy atom. The van der Waals surface area contributed by atoms with Gasteiger partial charge in [0.25, 0.3) is 0 Å². The summed E-state index contributed by atoms with van der Waals surface area (Å²) in [5.41, 5.74) is 5.54. The Hall–Kier alpha value is -0.570. The fraction of sp³-hybridized carbons (Fsp3) is 0.923. The first kappa shape index (κ1) is 13.5. The number of hydrogen-bond acceptors (Lipinski definition) is 2. The third-order valence-electron chi connectivity index (χ3n) is 4.14. The van der Waals surface area contributed by atoms with E-state index in [0.717, 1.165) is 45.1 Å². The van der Waals surface area contributed by atoms with E-state index in [1.165, 1.54) is 0 Å². The van der Waals surface area contributed by atoms with E-state index >= 15 is 0 Å². The maximum Gasteiger partial charge on any atom is 0.227 e. The standard InChI is InChI=1S/C13H26N2O/c1-3-11(4-2)9-15-12(16)13(10-14)7-5-6-8-13/h11H,3-10,14H2,1-2H3,(H,15,16). The Kier molecular flexibility index (Phi) is 5.26. The molecule has 0 aromatic carbocycles. The summed E-state index contributed by atoms with van der Waals surface area (Å²) in [6, 6.07) is 0. The second-order valence-electron chi connectivity index (χ2n) is 5.08. The number of nitrogens with one attached hydrogen (secondary N) is 1. The number of carbonyl (C=O) groups excluding carboxylic acids is 1. The van der Waals surface area contributed by atoms with Crippen LogP contribution in [0, 0.1) is 11.3 Å². The smallest absolute Gasteiger partial charge is 0.227 e. The fourth-order valence-corrected chi connectivity index (χ4v) is 2.58. The largest absolute Gasteiger partial charge is 0.355 e. The molecule has 3 nitrogen and oxygen atoms in total. The lowest BCUT2D eigenvalue weighted by atomic mass is 9.85. The molecule has 0 unspecified atom stereocenters. The summed E-state index contributed by atoms with van der Waals surface area (Å²) in [5.74, 6) is 0.805. The number of hydrogen-bond donors (Lipinski definition) is 2. The minimum absolute atomic E-state index is 0.194. The highest BCUT2D eigenvalue weighted by Crippen LogP contribution is 2.37. The van der Waals surface area contributed by atoms with Crippen molar-refractivity contribution < 1.29 is 4.79 Å². The van der Waals surface area contributed by atoms with Crippen molar-refractivity contribution in [3.8, 4) is 0 Å². The summed E-state index contributed by atoms with van der Waals surface area (Å²) in [5, 5.41) is 3.10. The zero-order valence-electron chi connectivity index (χ0n) is 10.7. The number of nitrogens with two attached hydrogens (primary N) is 1. The Bertz CT molecular complexity index is 218. The molecule has 1 fully saturated rings. The minimum Gasteiger partial charge on any atom is -0.355 e. The zero-order chi connectivity index (χ0) is 12.0. The molecule has 1 saturated carbocycles. The lowest BCUT2D eigenvalue weighted by Gasteiger charge is -2.26. The van der Waals surface area contributed by atoms with Gasteiger partial charge in [-0.1, -0.05) is 39.5 Å². The van der Waals surface area contributed by atoms with Crippen LogP contribution < -0.4 is 11.1 Å². The Morgan fingerprint density at radius 2 is 1.88 bits per heavy atom. The van der Waals surface area contributed by atoms with Crippen molar-refractivity contribution in [3.05, 3.63) is 0 Å². The summed E-state index contributed by atoms with van der Waals surface area (Å²) in [6.45, 7) is 5.67. The van der Waals surface area contributed by atoms with E-state index in [1.807, 2.05) is 0 Å². The quantitative estimate of drug-likeness (QED) is 0.728. The lowest BCUT2D eigenvalue weighted by Crippen LogP contribution is -2.45. The van der Waals surface area contributed by atoms with Crippen LogP contribution in [-0.4, -0.2) is 19.0 Å². The summed E-state index contributed by atoms with van der Waals surface area (Å²) in [6.07, 6.45) is 6.50. The second-order valence-corrected chi connectivity index (χ2v) is 5.08. The van der Waals surface area contributed by atoms with Gasteiger partial charge in [-0.3, -0.25) is 4.79 Å². The molecule has 1 aliphatic rings. The van der Waals surface area contributed by atoms with Gasteiger partial charge in [0.2, 0.25) is 5.91 Å². The zero-order valence-corrected chi connectivity index (χ0v) is 10.7.